The number of likely N-dealkylation sites (N-methyl/N-ethyl adjacent to an activating group) is 1. The largest absolute Gasteiger partial charge is 0.388 e. The first-order valence-electron chi connectivity index (χ1n) is 5.73. The number of aromatic amines is 1. The molecule has 0 radical (unpaired) electrons. The highest BCUT2D eigenvalue weighted by Gasteiger charge is 2.24. The molecule has 5 nitrogen and oxygen atoms in total. The Morgan fingerprint density at radius 3 is 3.06 bits per heavy atom. The molecule has 0 atom stereocenters. The maximum absolute atomic E-state index is 11.6. The topological polar surface area (TPSA) is 69.2 Å². The number of rotatable bonds is 2. The summed E-state index contributed by atoms with van der Waals surface area (Å²) >= 11 is 0. The third-order valence-electron chi connectivity index (χ3n) is 3.25. The first-order valence-corrected chi connectivity index (χ1v) is 5.73. The van der Waals surface area contributed by atoms with E-state index in [0.717, 1.165) is 22.5 Å². The number of nitrogens with zero attached hydrogens (tertiary/aromatic N) is 2. The Balaban J connectivity index is 2.01. The van der Waals surface area contributed by atoms with Crippen LogP contribution in [0.5, 0.6) is 0 Å². The zero-order chi connectivity index (χ0) is 12.7. The molecule has 1 amide bonds. The molecular weight excluding hydrogens is 230 g/mol. The molecule has 18 heavy (non-hydrogen) atoms. The van der Waals surface area contributed by atoms with Gasteiger partial charge in [0, 0.05) is 12.7 Å². The molecule has 92 valence electrons. The number of aliphatic hydroxyl groups is 1. The normalized spacial score (nSPS) is 14.1. The lowest BCUT2D eigenvalue weighted by molar-refractivity contribution is -0.117. The minimum atomic E-state index is -0.105. The number of carbonyl (C=O) groups excluding carboxylic acids is 1. The van der Waals surface area contributed by atoms with Gasteiger partial charge < -0.3 is 15.0 Å². The van der Waals surface area contributed by atoms with Crippen molar-refractivity contribution in [1.29, 1.82) is 0 Å². The number of nitrogens with one attached hydrogen (secondary N) is 1. The van der Waals surface area contributed by atoms with Gasteiger partial charge in [-0.05, 0) is 23.3 Å². The first kappa shape index (κ1) is 11.0. The van der Waals surface area contributed by atoms with Crippen LogP contribution in [0.3, 0.4) is 0 Å². The second-order valence-electron chi connectivity index (χ2n) is 4.37. The zero-order valence-corrected chi connectivity index (χ0v) is 9.97. The lowest BCUT2D eigenvalue weighted by Gasteiger charge is -2.10. The van der Waals surface area contributed by atoms with Gasteiger partial charge in [0.15, 0.2) is 0 Å². The molecule has 2 N–H and O–H groups in total. The number of imidazole rings is 1. The van der Waals surface area contributed by atoms with E-state index in [2.05, 4.69) is 9.97 Å². The summed E-state index contributed by atoms with van der Waals surface area (Å²) < 4.78 is 0. The van der Waals surface area contributed by atoms with Crippen molar-refractivity contribution in [2.45, 2.75) is 13.0 Å². The van der Waals surface area contributed by atoms with Gasteiger partial charge in [0.1, 0.15) is 12.4 Å². The van der Waals surface area contributed by atoms with Crippen LogP contribution >= 0.6 is 0 Å². The van der Waals surface area contributed by atoms with Gasteiger partial charge in [-0.2, -0.15) is 0 Å². The van der Waals surface area contributed by atoms with Crippen molar-refractivity contribution < 1.29 is 9.90 Å². The first-order chi connectivity index (χ1) is 8.69. The summed E-state index contributed by atoms with van der Waals surface area (Å²) in [6, 6.07) is 5.88. The summed E-state index contributed by atoms with van der Waals surface area (Å²) in [5.74, 6) is 0.654. The lowest BCUT2D eigenvalue weighted by atomic mass is 10.1. The fraction of sp³-hybridized carbons (Fsp3) is 0.231. The van der Waals surface area contributed by atoms with Gasteiger partial charge in [-0.15, -0.1) is 0 Å². The molecule has 0 fully saturated rings. The summed E-state index contributed by atoms with van der Waals surface area (Å²) in [7, 11) is 1.79. The van der Waals surface area contributed by atoms with Crippen LogP contribution in [0.15, 0.2) is 24.4 Å². The van der Waals surface area contributed by atoms with E-state index in [0.29, 0.717) is 12.2 Å². The average molecular weight is 243 g/mol. The Morgan fingerprint density at radius 1 is 1.50 bits per heavy atom. The van der Waals surface area contributed by atoms with E-state index in [9.17, 15) is 4.79 Å². The Bertz CT molecular complexity index is 618. The van der Waals surface area contributed by atoms with Gasteiger partial charge in [0.05, 0.1) is 18.3 Å². The van der Waals surface area contributed by atoms with E-state index in [1.54, 1.807) is 18.1 Å². The van der Waals surface area contributed by atoms with Gasteiger partial charge in [-0.25, -0.2) is 4.98 Å². The highest BCUT2D eigenvalue weighted by atomic mass is 16.3. The number of H-pyrrole nitrogens is 1. The quantitative estimate of drug-likeness (QED) is 0.829. The monoisotopic (exact) mass is 243 g/mol. The third kappa shape index (κ3) is 1.60. The maximum Gasteiger partial charge on any atom is 0.231 e. The second-order valence-corrected chi connectivity index (χ2v) is 4.37. The smallest absolute Gasteiger partial charge is 0.231 e. The molecule has 0 saturated carbocycles. The predicted octanol–water partition coefficient (Wildman–Crippen LogP) is 1.09. The van der Waals surface area contributed by atoms with Crippen molar-refractivity contribution in [3.05, 3.63) is 35.8 Å². The fourth-order valence-corrected chi connectivity index (χ4v) is 2.23. The Kier molecular flexibility index (Phi) is 2.41. The molecule has 5 heteroatoms. The molecule has 0 bridgehead atoms. The van der Waals surface area contributed by atoms with E-state index in [1.165, 1.54) is 0 Å². The van der Waals surface area contributed by atoms with Gasteiger partial charge in [-0.3, -0.25) is 4.79 Å². The number of amides is 1. The molecule has 0 saturated heterocycles. The van der Waals surface area contributed by atoms with E-state index in [1.807, 2.05) is 18.2 Å². The number of aromatic nitrogens is 2. The predicted molar refractivity (Wildman–Crippen MR) is 67.1 cm³/mol. The van der Waals surface area contributed by atoms with Crippen molar-refractivity contribution in [1.82, 2.24) is 9.97 Å². The molecule has 1 aliphatic rings. The number of fused-ring (bicyclic) bond motifs is 1. The molecule has 2 aromatic rings. The molecule has 3 rings (SSSR count). The molecule has 0 unspecified atom stereocenters. The average Bonchev–Trinajstić information content (AvgIpc) is 2.95. The number of anilines is 1. The second kappa shape index (κ2) is 3.96. The van der Waals surface area contributed by atoms with Crippen molar-refractivity contribution in [3.8, 4) is 11.3 Å². The highest BCUT2D eigenvalue weighted by molar-refractivity contribution is 6.01. The SMILES string of the molecule is CN1C(=O)Cc2cc(-c3cnc(CO)[nH]3)ccc21. The van der Waals surface area contributed by atoms with Crippen LogP contribution < -0.4 is 4.90 Å². The van der Waals surface area contributed by atoms with Gasteiger partial charge in [0.2, 0.25) is 5.91 Å². The van der Waals surface area contributed by atoms with Crippen LogP contribution in [0.2, 0.25) is 0 Å². The van der Waals surface area contributed by atoms with Crippen LogP contribution in [0.25, 0.3) is 11.3 Å². The Morgan fingerprint density at radius 2 is 2.33 bits per heavy atom. The minimum Gasteiger partial charge on any atom is -0.388 e. The van der Waals surface area contributed by atoms with Crippen LogP contribution in [-0.2, 0) is 17.8 Å². The van der Waals surface area contributed by atoms with Crippen LogP contribution in [0, 0.1) is 0 Å². The van der Waals surface area contributed by atoms with Crippen molar-refractivity contribution in [2.75, 3.05) is 11.9 Å². The molecule has 1 aliphatic heterocycles. The number of hydrogen-bond donors (Lipinski definition) is 2. The number of hydrogen-bond acceptors (Lipinski definition) is 3. The van der Waals surface area contributed by atoms with Crippen molar-refractivity contribution >= 4 is 11.6 Å². The number of carbonyl (C=O) groups is 1. The molecular formula is C13H13N3O2. The van der Waals surface area contributed by atoms with E-state index in [4.69, 9.17) is 5.11 Å². The minimum absolute atomic E-state index is 0.105. The van der Waals surface area contributed by atoms with Gasteiger partial charge in [0.25, 0.3) is 0 Å². The molecule has 0 spiro atoms. The number of benzene rings is 1. The van der Waals surface area contributed by atoms with Crippen molar-refractivity contribution in [3.63, 3.8) is 0 Å². The van der Waals surface area contributed by atoms with Gasteiger partial charge in [-0.1, -0.05) is 6.07 Å². The fourth-order valence-electron chi connectivity index (χ4n) is 2.23. The Labute approximate surface area is 104 Å². The summed E-state index contributed by atoms with van der Waals surface area (Å²) in [6.07, 6.45) is 2.13. The van der Waals surface area contributed by atoms with Crippen LogP contribution in [0.1, 0.15) is 11.4 Å². The summed E-state index contributed by atoms with van der Waals surface area (Å²) in [6.45, 7) is -0.105. The lowest BCUT2D eigenvalue weighted by Crippen LogP contribution is -2.20. The standard InChI is InChI=1S/C13H13N3O2/c1-16-11-3-2-8(4-9(11)5-13(16)18)10-6-14-12(7-17)15-10/h2-4,6,17H,5,7H2,1H3,(H,14,15). The summed E-state index contributed by atoms with van der Waals surface area (Å²) in [5, 5.41) is 8.98. The zero-order valence-electron chi connectivity index (χ0n) is 9.97. The summed E-state index contributed by atoms with van der Waals surface area (Å²) in [4.78, 5) is 20.4. The maximum atomic E-state index is 11.6. The molecule has 2 heterocycles. The van der Waals surface area contributed by atoms with Crippen LogP contribution in [-0.4, -0.2) is 28.0 Å². The Hall–Kier alpha value is -2.14. The van der Waals surface area contributed by atoms with E-state index in [-0.39, 0.29) is 12.5 Å². The highest BCUT2D eigenvalue weighted by Crippen LogP contribution is 2.31. The van der Waals surface area contributed by atoms with E-state index < -0.39 is 0 Å². The summed E-state index contributed by atoms with van der Waals surface area (Å²) in [5.41, 5.74) is 3.82. The molecule has 0 aliphatic carbocycles. The van der Waals surface area contributed by atoms with Crippen molar-refractivity contribution in [2.24, 2.45) is 0 Å². The molecule has 1 aromatic carbocycles. The molecule has 1 aromatic heterocycles. The van der Waals surface area contributed by atoms with Gasteiger partial charge >= 0.3 is 0 Å². The third-order valence-corrected chi connectivity index (χ3v) is 3.25. The van der Waals surface area contributed by atoms with E-state index >= 15 is 0 Å². The number of aliphatic hydroxyl groups excluding tert-OH is 1. The van der Waals surface area contributed by atoms with Crippen LogP contribution in [0.4, 0.5) is 5.69 Å².